The molecule has 1 aliphatic heterocycles. The first-order valence-corrected chi connectivity index (χ1v) is 5.61. The number of hydrogen-bond donors (Lipinski definition) is 1. The van der Waals surface area contributed by atoms with E-state index in [4.69, 9.17) is 0 Å². The van der Waals surface area contributed by atoms with Gasteiger partial charge in [0, 0.05) is 43.3 Å². The van der Waals surface area contributed by atoms with Gasteiger partial charge in [-0.05, 0) is 6.07 Å². The van der Waals surface area contributed by atoms with Gasteiger partial charge in [-0.3, -0.25) is 4.98 Å². The Morgan fingerprint density at radius 3 is 3.36 bits per heavy atom. The first-order valence-electron chi connectivity index (χ1n) is 4.73. The second kappa shape index (κ2) is 3.22. The number of aromatic nitrogens is 2. The van der Waals surface area contributed by atoms with Gasteiger partial charge in [0.1, 0.15) is 0 Å². The van der Waals surface area contributed by atoms with Gasteiger partial charge in [0.2, 0.25) is 0 Å². The van der Waals surface area contributed by atoms with Gasteiger partial charge in [-0.1, -0.05) is 0 Å². The molecular formula is C10H11N3S. The SMILES string of the molecule is c1ncc(-c2ccn3c2CNCC3)s1. The highest BCUT2D eigenvalue weighted by molar-refractivity contribution is 7.13. The summed E-state index contributed by atoms with van der Waals surface area (Å²) >= 11 is 1.70. The molecule has 2 aromatic heterocycles. The van der Waals surface area contributed by atoms with Crippen molar-refractivity contribution in [3.63, 3.8) is 0 Å². The number of rotatable bonds is 1. The van der Waals surface area contributed by atoms with Crippen LogP contribution in [0.5, 0.6) is 0 Å². The zero-order valence-electron chi connectivity index (χ0n) is 7.73. The number of hydrogen-bond acceptors (Lipinski definition) is 3. The Labute approximate surface area is 86.4 Å². The minimum Gasteiger partial charge on any atom is -0.348 e. The number of nitrogens with one attached hydrogen (secondary N) is 1. The van der Waals surface area contributed by atoms with Crippen LogP contribution in [0.15, 0.2) is 24.0 Å². The molecule has 0 aliphatic carbocycles. The third kappa shape index (κ3) is 1.19. The summed E-state index contributed by atoms with van der Waals surface area (Å²) in [5, 5.41) is 3.39. The highest BCUT2D eigenvalue weighted by Gasteiger charge is 2.14. The smallest absolute Gasteiger partial charge is 0.0797 e. The Hall–Kier alpha value is -1.13. The van der Waals surface area contributed by atoms with Crippen LogP contribution in [0.3, 0.4) is 0 Å². The maximum Gasteiger partial charge on any atom is 0.0797 e. The van der Waals surface area contributed by atoms with Crippen LogP contribution in [0.1, 0.15) is 5.69 Å². The van der Waals surface area contributed by atoms with Gasteiger partial charge in [0.15, 0.2) is 0 Å². The monoisotopic (exact) mass is 205 g/mol. The molecule has 0 saturated heterocycles. The van der Waals surface area contributed by atoms with Gasteiger partial charge < -0.3 is 9.88 Å². The van der Waals surface area contributed by atoms with Crippen LogP contribution >= 0.6 is 11.3 Å². The quantitative estimate of drug-likeness (QED) is 0.768. The summed E-state index contributed by atoms with van der Waals surface area (Å²) in [7, 11) is 0. The van der Waals surface area contributed by atoms with Crippen molar-refractivity contribution < 1.29 is 0 Å². The van der Waals surface area contributed by atoms with E-state index >= 15 is 0 Å². The lowest BCUT2D eigenvalue weighted by Gasteiger charge is -2.17. The van der Waals surface area contributed by atoms with Gasteiger partial charge in [-0.25, -0.2) is 0 Å². The summed E-state index contributed by atoms with van der Waals surface area (Å²) < 4.78 is 2.32. The van der Waals surface area contributed by atoms with E-state index < -0.39 is 0 Å². The molecule has 1 N–H and O–H groups in total. The molecule has 72 valence electrons. The highest BCUT2D eigenvalue weighted by Crippen LogP contribution is 2.28. The number of thiazole rings is 1. The van der Waals surface area contributed by atoms with Crippen LogP contribution < -0.4 is 5.32 Å². The zero-order chi connectivity index (χ0) is 9.38. The van der Waals surface area contributed by atoms with Crippen molar-refractivity contribution in [3.8, 4) is 10.4 Å². The van der Waals surface area contributed by atoms with Crippen molar-refractivity contribution in [1.29, 1.82) is 0 Å². The standard InChI is InChI=1S/C10H11N3S/c1-3-13-4-2-11-5-9(13)8(1)10-6-12-7-14-10/h1,3,6-7,11H,2,4-5H2. The average Bonchev–Trinajstić information content (AvgIpc) is 2.85. The van der Waals surface area contributed by atoms with E-state index in [-0.39, 0.29) is 0 Å². The molecule has 14 heavy (non-hydrogen) atoms. The summed E-state index contributed by atoms with van der Waals surface area (Å²) in [6.45, 7) is 3.12. The number of fused-ring (bicyclic) bond motifs is 1. The second-order valence-electron chi connectivity index (χ2n) is 3.41. The van der Waals surface area contributed by atoms with Crippen molar-refractivity contribution in [2.24, 2.45) is 0 Å². The third-order valence-electron chi connectivity index (χ3n) is 2.60. The molecule has 2 aromatic rings. The van der Waals surface area contributed by atoms with E-state index in [0.29, 0.717) is 0 Å². The molecule has 1 aliphatic rings. The lowest BCUT2D eigenvalue weighted by molar-refractivity contribution is 0.518. The summed E-state index contributed by atoms with van der Waals surface area (Å²) in [6.07, 6.45) is 4.11. The minimum atomic E-state index is 0.972. The Bertz CT molecular complexity index is 430. The van der Waals surface area contributed by atoms with E-state index in [9.17, 15) is 0 Å². The zero-order valence-corrected chi connectivity index (χ0v) is 8.55. The van der Waals surface area contributed by atoms with Crippen LogP contribution in [-0.4, -0.2) is 16.1 Å². The van der Waals surface area contributed by atoms with Gasteiger partial charge in [-0.15, -0.1) is 11.3 Å². The Morgan fingerprint density at radius 2 is 2.50 bits per heavy atom. The molecule has 0 unspecified atom stereocenters. The molecular weight excluding hydrogens is 194 g/mol. The molecule has 4 heteroatoms. The van der Waals surface area contributed by atoms with Crippen molar-refractivity contribution in [1.82, 2.24) is 14.9 Å². The molecule has 0 radical (unpaired) electrons. The summed E-state index contributed by atoms with van der Waals surface area (Å²) in [4.78, 5) is 5.38. The molecule has 0 spiro atoms. The van der Waals surface area contributed by atoms with Crippen molar-refractivity contribution in [3.05, 3.63) is 29.7 Å². The van der Waals surface area contributed by atoms with Crippen LogP contribution in [0.25, 0.3) is 10.4 Å². The fraction of sp³-hybridized carbons (Fsp3) is 0.300. The Morgan fingerprint density at radius 1 is 1.50 bits per heavy atom. The largest absolute Gasteiger partial charge is 0.348 e. The average molecular weight is 205 g/mol. The minimum absolute atomic E-state index is 0.972. The van der Waals surface area contributed by atoms with E-state index in [1.54, 1.807) is 11.3 Å². The lowest BCUT2D eigenvalue weighted by atomic mass is 10.2. The molecule has 0 bridgehead atoms. The topological polar surface area (TPSA) is 29.9 Å². The van der Waals surface area contributed by atoms with Crippen LogP contribution in [0.4, 0.5) is 0 Å². The Kier molecular flexibility index (Phi) is 1.89. The fourth-order valence-electron chi connectivity index (χ4n) is 1.89. The Balaban J connectivity index is 2.11. The van der Waals surface area contributed by atoms with Gasteiger partial charge in [-0.2, -0.15) is 0 Å². The molecule has 0 aromatic carbocycles. The predicted molar refractivity (Wildman–Crippen MR) is 57.2 cm³/mol. The summed E-state index contributed by atoms with van der Waals surface area (Å²) in [6, 6.07) is 2.19. The first kappa shape index (κ1) is 8.20. The molecule has 0 saturated carbocycles. The molecule has 0 fully saturated rings. The molecule has 0 atom stereocenters. The maximum absolute atomic E-state index is 4.12. The number of nitrogens with zero attached hydrogens (tertiary/aromatic N) is 2. The highest BCUT2D eigenvalue weighted by atomic mass is 32.1. The predicted octanol–water partition coefficient (Wildman–Crippen LogP) is 1.71. The third-order valence-corrected chi connectivity index (χ3v) is 3.40. The molecule has 3 heterocycles. The second-order valence-corrected chi connectivity index (χ2v) is 4.30. The van der Waals surface area contributed by atoms with Crippen LogP contribution in [0.2, 0.25) is 0 Å². The van der Waals surface area contributed by atoms with Gasteiger partial charge in [0.25, 0.3) is 0 Å². The molecule has 3 nitrogen and oxygen atoms in total. The van der Waals surface area contributed by atoms with Crippen LogP contribution in [0, 0.1) is 0 Å². The van der Waals surface area contributed by atoms with Gasteiger partial charge >= 0.3 is 0 Å². The normalized spacial score (nSPS) is 15.4. The van der Waals surface area contributed by atoms with Crippen molar-refractivity contribution in [2.75, 3.05) is 6.54 Å². The van der Waals surface area contributed by atoms with Gasteiger partial charge in [0.05, 0.1) is 10.4 Å². The lowest BCUT2D eigenvalue weighted by Crippen LogP contribution is -2.27. The van der Waals surface area contributed by atoms with E-state index in [1.165, 1.54) is 16.1 Å². The summed E-state index contributed by atoms with van der Waals surface area (Å²) in [5.74, 6) is 0. The molecule has 0 amide bonds. The van der Waals surface area contributed by atoms with Crippen LogP contribution in [-0.2, 0) is 13.1 Å². The van der Waals surface area contributed by atoms with E-state index in [1.807, 2.05) is 11.7 Å². The summed E-state index contributed by atoms with van der Waals surface area (Å²) in [5.41, 5.74) is 4.61. The fourth-order valence-corrected chi connectivity index (χ4v) is 2.56. The van der Waals surface area contributed by atoms with Crippen molar-refractivity contribution in [2.45, 2.75) is 13.1 Å². The van der Waals surface area contributed by atoms with Crippen molar-refractivity contribution >= 4 is 11.3 Å². The van der Waals surface area contributed by atoms with E-state index in [2.05, 4.69) is 27.1 Å². The first-order chi connectivity index (χ1) is 6.95. The van der Waals surface area contributed by atoms with E-state index in [0.717, 1.165) is 19.6 Å². The molecule has 3 rings (SSSR count). The maximum atomic E-state index is 4.12.